The van der Waals surface area contributed by atoms with Gasteiger partial charge >= 0.3 is 0 Å². The molecule has 0 aliphatic heterocycles. The number of hydrogen-bond donors (Lipinski definition) is 1. The Morgan fingerprint density at radius 2 is 1.71 bits per heavy atom. The van der Waals surface area contributed by atoms with Crippen LogP contribution in [0.2, 0.25) is 0 Å². The number of aromatic nitrogens is 1. The van der Waals surface area contributed by atoms with Gasteiger partial charge in [0, 0.05) is 39.2 Å². The Balaban J connectivity index is 0.00000161. The molecule has 1 aromatic heterocycles. The van der Waals surface area contributed by atoms with Crippen LogP contribution in [0.25, 0.3) is 11.3 Å². The normalized spacial score (nSPS) is 10.5. The van der Waals surface area contributed by atoms with Gasteiger partial charge in [0.15, 0.2) is 0 Å². The van der Waals surface area contributed by atoms with Gasteiger partial charge in [0.05, 0.1) is 5.69 Å². The van der Waals surface area contributed by atoms with E-state index in [1.165, 1.54) is 11.3 Å². The first-order valence-electron chi connectivity index (χ1n) is 6.16. The van der Waals surface area contributed by atoms with Crippen molar-refractivity contribution in [2.45, 2.75) is 0 Å². The third-order valence-corrected chi connectivity index (χ3v) is 3.56. The average molecular weight is 339 g/mol. The molecule has 0 unspecified atom stereocenters. The van der Waals surface area contributed by atoms with Crippen LogP contribution in [0.4, 0.5) is 5.13 Å². The first-order chi connectivity index (χ1) is 9.83. The van der Waals surface area contributed by atoms with E-state index in [-0.39, 0.29) is 22.2 Å². The van der Waals surface area contributed by atoms with Crippen molar-refractivity contribution in [1.82, 2.24) is 4.98 Å². The first-order valence-corrected chi connectivity index (χ1v) is 7.04. The summed E-state index contributed by atoms with van der Waals surface area (Å²) in [7, 11) is 0. The first kappa shape index (κ1) is 15.4. The van der Waals surface area contributed by atoms with E-state index in [2.05, 4.69) is 9.98 Å². The van der Waals surface area contributed by atoms with Crippen molar-refractivity contribution in [1.29, 1.82) is 0 Å². The number of nitrogens with zero attached hydrogens (tertiary/aromatic N) is 2. The SMILES string of the molecule is Oc1ccccc1C=Nc1nc(-c2ccccc2)cs1.[Ni]. The van der Waals surface area contributed by atoms with Crippen LogP contribution < -0.4 is 0 Å². The maximum Gasteiger partial charge on any atom is 0.209 e. The Morgan fingerprint density at radius 3 is 2.48 bits per heavy atom. The number of phenols is 1. The molecule has 0 fully saturated rings. The standard InChI is InChI=1S/C16H12N2OS.Ni/c19-15-9-5-4-8-13(15)10-17-16-18-14(11-20-16)12-6-2-1-3-7-12;/h1-11,19H;. The van der Waals surface area contributed by atoms with Gasteiger partial charge in [-0.3, -0.25) is 0 Å². The summed E-state index contributed by atoms with van der Waals surface area (Å²) in [4.78, 5) is 8.77. The zero-order chi connectivity index (χ0) is 13.8. The summed E-state index contributed by atoms with van der Waals surface area (Å²) in [6.07, 6.45) is 1.63. The fourth-order valence-electron chi connectivity index (χ4n) is 1.79. The summed E-state index contributed by atoms with van der Waals surface area (Å²) < 4.78 is 0. The molecule has 3 nitrogen and oxygen atoms in total. The van der Waals surface area contributed by atoms with Gasteiger partial charge in [0.1, 0.15) is 5.75 Å². The second kappa shape index (κ2) is 7.16. The number of thiazole rings is 1. The van der Waals surface area contributed by atoms with E-state index in [0.29, 0.717) is 10.7 Å². The minimum atomic E-state index is 0. The van der Waals surface area contributed by atoms with Gasteiger partial charge in [-0.1, -0.05) is 42.5 Å². The topological polar surface area (TPSA) is 45.5 Å². The number of rotatable bonds is 3. The molecule has 0 bridgehead atoms. The summed E-state index contributed by atoms with van der Waals surface area (Å²) in [5, 5.41) is 12.3. The molecule has 3 rings (SSSR count). The van der Waals surface area contributed by atoms with Crippen molar-refractivity contribution >= 4 is 22.7 Å². The van der Waals surface area contributed by atoms with Gasteiger partial charge in [0.25, 0.3) is 0 Å². The van der Waals surface area contributed by atoms with E-state index in [0.717, 1.165) is 11.3 Å². The molecule has 0 saturated carbocycles. The van der Waals surface area contributed by atoms with Crippen molar-refractivity contribution < 1.29 is 21.6 Å². The van der Waals surface area contributed by atoms with Crippen LogP contribution in [0, 0.1) is 0 Å². The van der Waals surface area contributed by atoms with E-state index in [4.69, 9.17) is 0 Å². The molecule has 3 aromatic rings. The molecular formula is C16H12N2NiOS. The molecule has 5 heteroatoms. The summed E-state index contributed by atoms with van der Waals surface area (Å²) >= 11 is 1.48. The Morgan fingerprint density at radius 1 is 1.00 bits per heavy atom. The Labute approximate surface area is 137 Å². The van der Waals surface area contributed by atoms with Gasteiger partial charge in [0.2, 0.25) is 5.13 Å². The molecule has 0 aliphatic carbocycles. The largest absolute Gasteiger partial charge is 0.507 e. The number of aromatic hydroxyl groups is 1. The van der Waals surface area contributed by atoms with Crippen LogP contribution in [0.1, 0.15) is 5.56 Å². The fraction of sp³-hybridized carbons (Fsp3) is 0. The van der Waals surface area contributed by atoms with Crippen LogP contribution in [-0.4, -0.2) is 16.3 Å². The third kappa shape index (κ3) is 3.78. The smallest absolute Gasteiger partial charge is 0.209 e. The van der Waals surface area contributed by atoms with Crippen molar-refractivity contribution in [3.8, 4) is 17.0 Å². The quantitative estimate of drug-likeness (QED) is 0.572. The molecule has 0 radical (unpaired) electrons. The molecule has 21 heavy (non-hydrogen) atoms. The van der Waals surface area contributed by atoms with E-state index in [1.54, 1.807) is 18.3 Å². The van der Waals surface area contributed by atoms with Gasteiger partial charge in [-0.05, 0) is 12.1 Å². The second-order valence-corrected chi connectivity index (χ2v) is 5.03. The number of benzene rings is 2. The van der Waals surface area contributed by atoms with E-state index in [1.807, 2.05) is 47.8 Å². The van der Waals surface area contributed by atoms with E-state index < -0.39 is 0 Å². The second-order valence-electron chi connectivity index (χ2n) is 4.20. The maximum atomic E-state index is 9.66. The summed E-state index contributed by atoms with van der Waals surface area (Å²) in [5.74, 6) is 0.219. The Bertz CT molecular complexity index is 741. The number of aliphatic imine (C=N–C) groups is 1. The minimum Gasteiger partial charge on any atom is -0.507 e. The van der Waals surface area contributed by atoms with Crippen molar-refractivity contribution in [2.75, 3.05) is 0 Å². The Hall–Kier alpha value is -1.97. The predicted octanol–water partition coefficient (Wildman–Crippen LogP) is 4.26. The molecule has 1 N–H and O–H groups in total. The van der Waals surface area contributed by atoms with Crippen LogP contribution in [0.3, 0.4) is 0 Å². The molecular weight excluding hydrogens is 327 g/mol. The molecule has 2 aromatic carbocycles. The maximum absolute atomic E-state index is 9.66. The zero-order valence-corrected chi connectivity index (χ0v) is 12.7. The number of hydrogen-bond acceptors (Lipinski definition) is 4. The third-order valence-electron chi connectivity index (χ3n) is 2.81. The van der Waals surface area contributed by atoms with Crippen molar-refractivity contribution in [2.24, 2.45) is 4.99 Å². The molecule has 108 valence electrons. The molecule has 0 spiro atoms. The zero-order valence-electron chi connectivity index (χ0n) is 10.9. The van der Waals surface area contributed by atoms with Crippen LogP contribution in [0.5, 0.6) is 5.75 Å². The van der Waals surface area contributed by atoms with Gasteiger partial charge in [-0.15, -0.1) is 11.3 Å². The monoisotopic (exact) mass is 338 g/mol. The van der Waals surface area contributed by atoms with Crippen molar-refractivity contribution in [3.05, 3.63) is 65.5 Å². The van der Waals surface area contributed by atoms with Gasteiger partial charge in [-0.25, -0.2) is 9.98 Å². The van der Waals surface area contributed by atoms with Gasteiger partial charge < -0.3 is 5.11 Å². The average Bonchev–Trinajstić information content (AvgIpc) is 2.96. The Kier molecular flexibility index (Phi) is 5.26. The fourth-order valence-corrected chi connectivity index (χ4v) is 2.46. The molecule has 0 saturated heterocycles. The molecule has 0 amide bonds. The van der Waals surface area contributed by atoms with Crippen LogP contribution >= 0.6 is 11.3 Å². The molecule has 1 heterocycles. The van der Waals surface area contributed by atoms with Gasteiger partial charge in [-0.2, -0.15) is 0 Å². The van der Waals surface area contributed by atoms with Crippen LogP contribution in [0.15, 0.2) is 65.0 Å². The summed E-state index contributed by atoms with van der Waals surface area (Å²) in [6, 6.07) is 17.1. The number of phenolic OH excluding ortho intramolecular Hbond substituents is 1. The summed E-state index contributed by atoms with van der Waals surface area (Å²) in [6.45, 7) is 0. The van der Waals surface area contributed by atoms with Crippen LogP contribution in [-0.2, 0) is 16.5 Å². The van der Waals surface area contributed by atoms with E-state index in [9.17, 15) is 5.11 Å². The predicted molar refractivity (Wildman–Crippen MR) is 82.9 cm³/mol. The van der Waals surface area contributed by atoms with Crippen molar-refractivity contribution in [3.63, 3.8) is 0 Å². The molecule has 0 atom stereocenters. The molecule has 0 aliphatic rings. The van der Waals surface area contributed by atoms with E-state index >= 15 is 0 Å². The number of para-hydroxylation sites is 1. The minimum absolute atomic E-state index is 0. The summed E-state index contributed by atoms with van der Waals surface area (Å²) in [5.41, 5.74) is 2.68.